The lowest BCUT2D eigenvalue weighted by molar-refractivity contribution is -0.121. The SMILES string of the molecule is Nc1ccc(CCC(=O)NC2CCOC2)cc1. The van der Waals surface area contributed by atoms with Gasteiger partial charge in [0.2, 0.25) is 5.91 Å². The molecule has 1 amide bonds. The zero-order valence-corrected chi connectivity index (χ0v) is 9.82. The van der Waals surface area contributed by atoms with E-state index in [1.807, 2.05) is 24.3 Å². The molecule has 0 aliphatic carbocycles. The zero-order valence-electron chi connectivity index (χ0n) is 9.82. The van der Waals surface area contributed by atoms with Gasteiger partial charge >= 0.3 is 0 Å². The Morgan fingerprint density at radius 3 is 2.82 bits per heavy atom. The number of anilines is 1. The van der Waals surface area contributed by atoms with Gasteiger partial charge < -0.3 is 15.8 Å². The van der Waals surface area contributed by atoms with Gasteiger partial charge in [0.1, 0.15) is 0 Å². The number of nitrogens with two attached hydrogens (primary N) is 1. The van der Waals surface area contributed by atoms with E-state index in [4.69, 9.17) is 10.5 Å². The van der Waals surface area contributed by atoms with Crippen LogP contribution in [0.25, 0.3) is 0 Å². The van der Waals surface area contributed by atoms with Crippen LogP contribution >= 0.6 is 0 Å². The first-order valence-electron chi connectivity index (χ1n) is 5.95. The van der Waals surface area contributed by atoms with Crippen molar-refractivity contribution in [3.05, 3.63) is 29.8 Å². The van der Waals surface area contributed by atoms with Gasteiger partial charge in [-0.25, -0.2) is 0 Å². The van der Waals surface area contributed by atoms with Crippen LogP contribution in [0.4, 0.5) is 5.69 Å². The average Bonchev–Trinajstić information content (AvgIpc) is 2.81. The van der Waals surface area contributed by atoms with Crippen LogP contribution in [0.3, 0.4) is 0 Å². The Morgan fingerprint density at radius 1 is 1.41 bits per heavy atom. The number of ether oxygens (including phenoxy) is 1. The molecule has 92 valence electrons. The maximum absolute atomic E-state index is 11.6. The number of carbonyl (C=O) groups is 1. The third-order valence-corrected chi connectivity index (χ3v) is 2.92. The average molecular weight is 234 g/mol. The van der Waals surface area contributed by atoms with Crippen molar-refractivity contribution in [2.24, 2.45) is 0 Å². The second-order valence-corrected chi connectivity index (χ2v) is 4.37. The molecule has 2 rings (SSSR count). The molecule has 1 saturated heterocycles. The Hall–Kier alpha value is -1.55. The second-order valence-electron chi connectivity index (χ2n) is 4.37. The molecule has 1 aromatic rings. The molecule has 4 nitrogen and oxygen atoms in total. The largest absolute Gasteiger partial charge is 0.399 e. The van der Waals surface area contributed by atoms with Gasteiger partial charge in [-0.3, -0.25) is 4.79 Å². The van der Waals surface area contributed by atoms with Gasteiger partial charge in [-0.15, -0.1) is 0 Å². The number of aryl methyl sites for hydroxylation is 1. The highest BCUT2D eigenvalue weighted by Gasteiger charge is 2.17. The molecule has 1 unspecified atom stereocenters. The molecular weight excluding hydrogens is 216 g/mol. The molecule has 4 heteroatoms. The normalized spacial score (nSPS) is 19.2. The standard InChI is InChI=1S/C13H18N2O2/c14-11-4-1-10(2-5-11)3-6-13(16)15-12-7-8-17-9-12/h1-2,4-5,12H,3,6-9,14H2,(H,15,16). The molecule has 1 aliphatic heterocycles. The fourth-order valence-electron chi connectivity index (χ4n) is 1.89. The number of amides is 1. The third-order valence-electron chi connectivity index (χ3n) is 2.92. The van der Waals surface area contributed by atoms with E-state index in [9.17, 15) is 4.79 Å². The van der Waals surface area contributed by atoms with Crippen molar-refractivity contribution in [2.45, 2.75) is 25.3 Å². The van der Waals surface area contributed by atoms with Gasteiger partial charge in [0.05, 0.1) is 12.6 Å². The van der Waals surface area contributed by atoms with Gasteiger partial charge in [-0.1, -0.05) is 12.1 Å². The topological polar surface area (TPSA) is 64.4 Å². The summed E-state index contributed by atoms with van der Waals surface area (Å²) in [5, 5.41) is 2.97. The molecule has 0 aromatic heterocycles. The molecule has 0 spiro atoms. The smallest absolute Gasteiger partial charge is 0.220 e. The molecular formula is C13H18N2O2. The molecule has 1 aromatic carbocycles. The van der Waals surface area contributed by atoms with Crippen LogP contribution in [-0.2, 0) is 16.0 Å². The third kappa shape index (κ3) is 3.75. The van der Waals surface area contributed by atoms with Crippen LogP contribution in [-0.4, -0.2) is 25.2 Å². The number of nitrogens with one attached hydrogen (secondary N) is 1. The van der Waals surface area contributed by atoms with Crippen molar-refractivity contribution in [1.82, 2.24) is 5.32 Å². The van der Waals surface area contributed by atoms with E-state index >= 15 is 0 Å². The van der Waals surface area contributed by atoms with Crippen LogP contribution in [0.1, 0.15) is 18.4 Å². The van der Waals surface area contributed by atoms with Crippen molar-refractivity contribution < 1.29 is 9.53 Å². The van der Waals surface area contributed by atoms with Crippen molar-refractivity contribution in [2.75, 3.05) is 18.9 Å². The lowest BCUT2D eigenvalue weighted by Crippen LogP contribution is -2.35. The fourth-order valence-corrected chi connectivity index (χ4v) is 1.89. The van der Waals surface area contributed by atoms with Crippen LogP contribution in [0, 0.1) is 0 Å². The van der Waals surface area contributed by atoms with Crippen molar-refractivity contribution in [3.63, 3.8) is 0 Å². The van der Waals surface area contributed by atoms with E-state index in [1.165, 1.54) is 0 Å². The summed E-state index contributed by atoms with van der Waals surface area (Å²) in [5.41, 5.74) is 7.49. The molecule has 3 N–H and O–H groups in total. The number of hydrogen-bond donors (Lipinski definition) is 2. The van der Waals surface area contributed by atoms with E-state index in [0.29, 0.717) is 13.0 Å². The Kier molecular flexibility index (Phi) is 3.98. The monoisotopic (exact) mass is 234 g/mol. The highest BCUT2D eigenvalue weighted by atomic mass is 16.5. The summed E-state index contributed by atoms with van der Waals surface area (Å²) in [6.07, 6.45) is 2.19. The van der Waals surface area contributed by atoms with Gasteiger partial charge in [-0.05, 0) is 30.5 Å². The second kappa shape index (κ2) is 5.68. The first kappa shape index (κ1) is 11.9. The van der Waals surface area contributed by atoms with Crippen molar-refractivity contribution in [3.8, 4) is 0 Å². The predicted molar refractivity (Wildman–Crippen MR) is 66.5 cm³/mol. The quantitative estimate of drug-likeness (QED) is 0.767. The lowest BCUT2D eigenvalue weighted by Gasteiger charge is -2.10. The van der Waals surface area contributed by atoms with Crippen LogP contribution < -0.4 is 11.1 Å². The molecule has 1 atom stereocenters. The summed E-state index contributed by atoms with van der Waals surface area (Å²) in [7, 11) is 0. The molecule has 1 fully saturated rings. The molecule has 1 heterocycles. The number of nitrogen functional groups attached to an aromatic ring is 1. The lowest BCUT2D eigenvalue weighted by atomic mass is 10.1. The number of benzene rings is 1. The van der Waals surface area contributed by atoms with Gasteiger partial charge in [0.25, 0.3) is 0 Å². The predicted octanol–water partition coefficient (Wildman–Crippen LogP) is 1.11. The van der Waals surface area contributed by atoms with Crippen LogP contribution in [0.15, 0.2) is 24.3 Å². The highest BCUT2D eigenvalue weighted by Crippen LogP contribution is 2.08. The zero-order chi connectivity index (χ0) is 12.1. The maximum Gasteiger partial charge on any atom is 0.220 e. The van der Waals surface area contributed by atoms with Gasteiger partial charge in [-0.2, -0.15) is 0 Å². The summed E-state index contributed by atoms with van der Waals surface area (Å²) in [4.78, 5) is 11.6. The van der Waals surface area contributed by atoms with E-state index < -0.39 is 0 Å². The van der Waals surface area contributed by atoms with Crippen LogP contribution in [0.2, 0.25) is 0 Å². The Balaban J connectivity index is 1.73. The van der Waals surface area contributed by atoms with E-state index in [-0.39, 0.29) is 11.9 Å². The first-order chi connectivity index (χ1) is 8.24. The Bertz CT molecular complexity index is 370. The van der Waals surface area contributed by atoms with Crippen molar-refractivity contribution >= 4 is 11.6 Å². The summed E-state index contributed by atoms with van der Waals surface area (Å²) >= 11 is 0. The Labute approximate surface area is 101 Å². The molecule has 0 saturated carbocycles. The van der Waals surface area contributed by atoms with E-state index in [1.54, 1.807) is 0 Å². The summed E-state index contributed by atoms with van der Waals surface area (Å²) in [6.45, 7) is 1.40. The number of carbonyl (C=O) groups excluding carboxylic acids is 1. The minimum Gasteiger partial charge on any atom is -0.399 e. The molecule has 1 aliphatic rings. The maximum atomic E-state index is 11.6. The number of rotatable bonds is 4. The summed E-state index contributed by atoms with van der Waals surface area (Å²) < 4.78 is 5.21. The minimum absolute atomic E-state index is 0.0947. The van der Waals surface area contributed by atoms with Crippen LogP contribution in [0.5, 0.6) is 0 Å². The molecule has 0 bridgehead atoms. The molecule has 0 radical (unpaired) electrons. The first-order valence-corrected chi connectivity index (χ1v) is 5.95. The summed E-state index contributed by atoms with van der Waals surface area (Å²) in [6, 6.07) is 7.84. The minimum atomic E-state index is 0.0947. The molecule has 17 heavy (non-hydrogen) atoms. The summed E-state index contributed by atoms with van der Waals surface area (Å²) in [5.74, 6) is 0.0947. The number of hydrogen-bond acceptors (Lipinski definition) is 3. The van der Waals surface area contributed by atoms with E-state index in [0.717, 1.165) is 30.7 Å². The Morgan fingerprint density at radius 2 is 2.18 bits per heavy atom. The van der Waals surface area contributed by atoms with Gasteiger partial charge in [0.15, 0.2) is 0 Å². The fraction of sp³-hybridized carbons (Fsp3) is 0.462. The highest BCUT2D eigenvalue weighted by molar-refractivity contribution is 5.76. The van der Waals surface area contributed by atoms with E-state index in [2.05, 4.69) is 5.32 Å². The van der Waals surface area contributed by atoms with Gasteiger partial charge in [0, 0.05) is 18.7 Å². The van der Waals surface area contributed by atoms with Crippen molar-refractivity contribution in [1.29, 1.82) is 0 Å².